The van der Waals surface area contributed by atoms with Crippen molar-refractivity contribution in [2.45, 2.75) is 15.5 Å². The van der Waals surface area contributed by atoms with E-state index in [2.05, 4.69) is 15.6 Å². The highest BCUT2D eigenvalue weighted by Crippen LogP contribution is 2.44. The fraction of sp³-hybridized carbons (Fsp3) is 0.150. The zero-order valence-corrected chi connectivity index (χ0v) is 17.7. The number of nitrogens with zero attached hydrogens (tertiary/aromatic N) is 5. The Balaban J connectivity index is 1.81. The molecular weight excluding hydrogens is 425 g/mol. The summed E-state index contributed by atoms with van der Waals surface area (Å²) in [6.07, 6.45) is 1.22. The van der Waals surface area contributed by atoms with Crippen LogP contribution >= 0.6 is 11.8 Å². The van der Waals surface area contributed by atoms with Crippen molar-refractivity contribution in [1.29, 1.82) is 5.26 Å². The molecule has 0 saturated carbocycles. The molecule has 3 aromatic rings. The Bertz CT molecular complexity index is 1310. The Morgan fingerprint density at radius 3 is 2.67 bits per heavy atom. The highest BCUT2D eigenvalue weighted by molar-refractivity contribution is 7.98. The molecule has 2 heterocycles. The summed E-state index contributed by atoms with van der Waals surface area (Å²) in [5.41, 5.74) is 3.17. The lowest BCUT2D eigenvalue weighted by atomic mass is 10.0. The second kappa shape index (κ2) is 7.59. The molecule has 0 N–H and O–H groups in total. The predicted octanol–water partition coefficient (Wildman–Crippen LogP) is 3.43. The van der Waals surface area contributed by atoms with Crippen LogP contribution in [0.2, 0.25) is 0 Å². The van der Waals surface area contributed by atoms with Gasteiger partial charge in [-0.15, -0.1) is 16.2 Å². The van der Waals surface area contributed by atoms with E-state index in [1.165, 1.54) is 47.3 Å². The van der Waals surface area contributed by atoms with E-state index in [4.69, 9.17) is 0 Å². The molecule has 0 saturated heterocycles. The van der Waals surface area contributed by atoms with Crippen molar-refractivity contribution in [3.63, 3.8) is 0 Å². The van der Waals surface area contributed by atoms with E-state index in [0.717, 1.165) is 16.0 Å². The molecular formula is C20H16FN5O2S2. The highest BCUT2D eigenvalue weighted by Gasteiger charge is 2.27. The average molecular weight is 442 g/mol. The van der Waals surface area contributed by atoms with Gasteiger partial charge in [0.25, 0.3) is 10.0 Å². The summed E-state index contributed by atoms with van der Waals surface area (Å²) in [6.45, 7) is 0. The van der Waals surface area contributed by atoms with E-state index in [1.807, 2.05) is 0 Å². The predicted molar refractivity (Wildman–Crippen MR) is 113 cm³/mol. The SMILES string of the molecule is CN(C)C=NS(=O)(=O)c1ccc(-n2nc(C#N)c3c2-c2ccc(F)cc2CS3)cc1. The zero-order valence-electron chi connectivity index (χ0n) is 16.1. The molecule has 0 aliphatic carbocycles. The summed E-state index contributed by atoms with van der Waals surface area (Å²) in [5, 5.41) is 13.9. The monoisotopic (exact) mass is 441 g/mol. The minimum absolute atomic E-state index is 0.0442. The van der Waals surface area contributed by atoms with Gasteiger partial charge in [0.05, 0.1) is 21.2 Å². The molecule has 30 heavy (non-hydrogen) atoms. The number of nitriles is 1. The van der Waals surface area contributed by atoms with E-state index in [-0.39, 0.29) is 16.4 Å². The molecule has 0 atom stereocenters. The number of thioether (sulfide) groups is 1. The Labute approximate surface area is 177 Å². The molecule has 2 aromatic carbocycles. The van der Waals surface area contributed by atoms with Crippen LogP contribution in [0, 0.1) is 17.1 Å². The summed E-state index contributed by atoms with van der Waals surface area (Å²) >= 11 is 1.43. The third-order valence-corrected chi connectivity index (χ3v) is 6.81. The van der Waals surface area contributed by atoms with Crippen molar-refractivity contribution >= 4 is 28.1 Å². The molecule has 4 rings (SSSR count). The first-order valence-electron chi connectivity index (χ1n) is 8.82. The standard InChI is InChI=1S/C20H16FN5O2S2/c1-25(2)12-23-30(27,28)16-6-4-15(5-7-16)26-19-17-8-3-14(21)9-13(17)11-29-20(19)18(10-22)24-26/h3-9,12H,11H2,1-2H3. The molecule has 0 unspecified atom stereocenters. The molecule has 1 aliphatic rings. The van der Waals surface area contributed by atoms with Gasteiger partial charge in [-0.3, -0.25) is 0 Å². The van der Waals surface area contributed by atoms with Gasteiger partial charge in [0.15, 0.2) is 5.69 Å². The van der Waals surface area contributed by atoms with Gasteiger partial charge < -0.3 is 4.90 Å². The van der Waals surface area contributed by atoms with Crippen LogP contribution in [0.5, 0.6) is 0 Å². The molecule has 0 amide bonds. The first-order valence-corrected chi connectivity index (χ1v) is 11.2. The zero-order chi connectivity index (χ0) is 21.5. The second-order valence-electron chi connectivity index (χ2n) is 6.79. The van der Waals surface area contributed by atoms with Crippen LogP contribution in [0.15, 0.2) is 56.7 Å². The lowest BCUT2D eigenvalue weighted by molar-refractivity contribution is 0.594. The number of aromatic nitrogens is 2. The van der Waals surface area contributed by atoms with E-state index in [9.17, 15) is 18.1 Å². The van der Waals surface area contributed by atoms with Crippen LogP contribution in [0.3, 0.4) is 0 Å². The Morgan fingerprint density at radius 1 is 1.27 bits per heavy atom. The van der Waals surface area contributed by atoms with E-state index >= 15 is 0 Å². The molecule has 0 spiro atoms. The molecule has 1 aliphatic heterocycles. The largest absolute Gasteiger partial charge is 0.368 e. The molecule has 7 nitrogen and oxygen atoms in total. The van der Waals surface area contributed by atoms with Gasteiger partial charge in [-0.2, -0.15) is 18.8 Å². The van der Waals surface area contributed by atoms with Crippen molar-refractivity contribution in [1.82, 2.24) is 14.7 Å². The van der Waals surface area contributed by atoms with E-state index in [1.54, 1.807) is 37.0 Å². The number of halogens is 1. The number of benzene rings is 2. The molecule has 1 aromatic heterocycles. The molecule has 10 heteroatoms. The molecule has 0 bridgehead atoms. The minimum atomic E-state index is -3.82. The number of fused-ring (bicyclic) bond motifs is 3. The van der Waals surface area contributed by atoms with Crippen LogP contribution in [-0.2, 0) is 15.8 Å². The van der Waals surface area contributed by atoms with E-state index in [0.29, 0.717) is 17.1 Å². The van der Waals surface area contributed by atoms with Crippen molar-refractivity contribution in [2.24, 2.45) is 4.40 Å². The van der Waals surface area contributed by atoms with Gasteiger partial charge in [-0.1, -0.05) is 0 Å². The number of rotatable bonds is 4. The highest BCUT2D eigenvalue weighted by atomic mass is 32.2. The third-order valence-electron chi connectivity index (χ3n) is 4.44. The maximum atomic E-state index is 13.7. The van der Waals surface area contributed by atoms with Gasteiger partial charge in [-0.25, -0.2) is 9.07 Å². The quantitative estimate of drug-likeness (QED) is 0.455. The maximum absolute atomic E-state index is 13.7. The van der Waals surface area contributed by atoms with Crippen molar-refractivity contribution in [3.05, 3.63) is 59.5 Å². The number of hydrogen-bond acceptors (Lipinski definition) is 5. The summed E-state index contributed by atoms with van der Waals surface area (Å²) in [7, 11) is -0.468. The minimum Gasteiger partial charge on any atom is -0.368 e. The lowest BCUT2D eigenvalue weighted by Crippen LogP contribution is -2.10. The van der Waals surface area contributed by atoms with Gasteiger partial charge in [0.1, 0.15) is 18.2 Å². The normalized spacial score (nSPS) is 13.0. The van der Waals surface area contributed by atoms with Gasteiger partial charge in [0.2, 0.25) is 0 Å². The Hall–Kier alpha value is -3.16. The van der Waals surface area contributed by atoms with Crippen molar-refractivity contribution < 1.29 is 12.8 Å². The van der Waals surface area contributed by atoms with Crippen LogP contribution < -0.4 is 0 Å². The first kappa shape index (κ1) is 20.1. The van der Waals surface area contributed by atoms with Crippen molar-refractivity contribution in [2.75, 3.05) is 14.1 Å². The number of sulfonamides is 1. The fourth-order valence-corrected chi connectivity index (χ4v) is 5.09. The Kier molecular flexibility index (Phi) is 5.09. The summed E-state index contributed by atoms with van der Waals surface area (Å²) in [5.74, 6) is 0.221. The van der Waals surface area contributed by atoms with Crippen LogP contribution in [-0.4, -0.2) is 43.5 Å². The van der Waals surface area contributed by atoms with E-state index < -0.39 is 10.0 Å². The third kappa shape index (κ3) is 3.58. The summed E-state index contributed by atoms with van der Waals surface area (Å²) < 4.78 is 43.6. The summed E-state index contributed by atoms with van der Waals surface area (Å²) in [4.78, 5) is 2.30. The van der Waals surface area contributed by atoms with Crippen molar-refractivity contribution in [3.8, 4) is 23.0 Å². The van der Waals surface area contributed by atoms with Gasteiger partial charge in [-0.05, 0) is 48.0 Å². The first-order chi connectivity index (χ1) is 14.3. The van der Waals surface area contributed by atoms with Crippen LogP contribution in [0.25, 0.3) is 16.9 Å². The van der Waals surface area contributed by atoms with Crippen LogP contribution in [0.4, 0.5) is 4.39 Å². The molecule has 152 valence electrons. The number of hydrogen-bond donors (Lipinski definition) is 0. The molecule has 0 radical (unpaired) electrons. The summed E-state index contributed by atoms with van der Waals surface area (Å²) in [6, 6.07) is 12.7. The Morgan fingerprint density at radius 2 is 2.00 bits per heavy atom. The second-order valence-corrected chi connectivity index (χ2v) is 9.41. The topological polar surface area (TPSA) is 91.3 Å². The maximum Gasteiger partial charge on any atom is 0.283 e. The van der Waals surface area contributed by atoms with Crippen LogP contribution in [0.1, 0.15) is 11.3 Å². The molecule has 0 fully saturated rings. The van der Waals surface area contributed by atoms with Gasteiger partial charge in [0, 0.05) is 25.4 Å². The average Bonchev–Trinajstić information content (AvgIpc) is 3.11. The lowest BCUT2D eigenvalue weighted by Gasteiger charge is -2.18. The smallest absolute Gasteiger partial charge is 0.283 e. The van der Waals surface area contributed by atoms with Gasteiger partial charge >= 0.3 is 0 Å². The fourth-order valence-electron chi connectivity index (χ4n) is 3.08.